The maximum absolute atomic E-state index is 11.3. The molecule has 0 aromatic heterocycles. The number of carbonyl (C=O) groups excluding carboxylic acids is 2. The Morgan fingerprint density at radius 1 is 1.56 bits per heavy atom. The fraction of sp³-hybridized carbons (Fsp3) is 0.273. The average Bonchev–Trinajstić information content (AvgIpc) is 2.69. The number of fused-ring (bicyclic) bond motifs is 1. The van der Waals surface area contributed by atoms with E-state index in [1.165, 1.54) is 11.9 Å². The monoisotopic (exact) mass is 236 g/mol. The van der Waals surface area contributed by atoms with Crippen LogP contribution in [-0.4, -0.2) is 18.9 Å². The summed E-state index contributed by atoms with van der Waals surface area (Å²) in [5.41, 5.74) is 2.15. The highest BCUT2D eigenvalue weighted by Gasteiger charge is 2.21. The quantitative estimate of drug-likeness (QED) is 0.636. The largest absolute Gasteiger partial charge is 0.312 e. The molecule has 0 aliphatic carbocycles. The molecule has 0 radical (unpaired) electrons. The number of nitrogens with zero attached hydrogens (tertiary/aromatic N) is 1. The molecule has 0 spiro atoms. The number of hydrogen-bond acceptors (Lipinski definition) is 3. The van der Waals surface area contributed by atoms with E-state index in [-0.39, 0.29) is 5.91 Å². The van der Waals surface area contributed by atoms with E-state index >= 15 is 0 Å². The lowest BCUT2D eigenvalue weighted by Gasteiger charge is -2.14. The van der Waals surface area contributed by atoms with Gasteiger partial charge in [-0.3, -0.25) is 14.3 Å². The first-order valence-corrected chi connectivity index (χ1v) is 5.81. The Labute approximate surface area is 98.1 Å². The Kier molecular flexibility index (Phi) is 3.14. The van der Waals surface area contributed by atoms with Crippen molar-refractivity contribution in [2.75, 3.05) is 11.4 Å². The van der Waals surface area contributed by atoms with Gasteiger partial charge in [0.2, 0.25) is 12.3 Å². The highest BCUT2D eigenvalue weighted by atomic mass is 32.2. The van der Waals surface area contributed by atoms with Gasteiger partial charge < -0.3 is 4.90 Å². The molecule has 1 heterocycles. The zero-order valence-electron chi connectivity index (χ0n) is 8.90. The third-order valence-electron chi connectivity index (χ3n) is 2.55. The molecule has 0 bridgehead atoms. The van der Waals surface area contributed by atoms with Gasteiger partial charge in [-0.2, -0.15) is 0 Å². The molecule has 2 amide bonds. The Balaban J connectivity index is 2.22. The highest BCUT2D eigenvalue weighted by Crippen LogP contribution is 2.31. The zero-order chi connectivity index (χ0) is 11.5. The number of benzene rings is 1. The standard InChI is InChI=1S/C11H12N2O2S/c1-8(15)13-5-4-9-6-10(16-12-7-14)2-3-11(9)13/h2-3,6-7H,4-5H2,1H3,(H,12,14). The van der Waals surface area contributed by atoms with Crippen LogP contribution in [0.2, 0.25) is 0 Å². The summed E-state index contributed by atoms with van der Waals surface area (Å²) >= 11 is 1.27. The summed E-state index contributed by atoms with van der Waals surface area (Å²) in [6, 6.07) is 5.85. The molecular formula is C11H12N2O2S. The van der Waals surface area contributed by atoms with Crippen molar-refractivity contribution in [1.29, 1.82) is 0 Å². The summed E-state index contributed by atoms with van der Waals surface area (Å²) in [7, 11) is 0. The second kappa shape index (κ2) is 4.57. The lowest BCUT2D eigenvalue weighted by atomic mass is 10.2. The van der Waals surface area contributed by atoms with Crippen LogP contribution >= 0.6 is 11.9 Å². The van der Waals surface area contributed by atoms with Crippen molar-refractivity contribution in [1.82, 2.24) is 4.72 Å². The number of amides is 2. The maximum atomic E-state index is 11.3. The summed E-state index contributed by atoms with van der Waals surface area (Å²) in [5.74, 6) is 0.0742. The van der Waals surface area contributed by atoms with Crippen molar-refractivity contribution < 1.29 is 9.59 Å². The third-order valence-corrected chi connectivity index (χ3v) is 3.26. The van der Waals surface area contributed by atoms with Gasteiger partial charge in [0.15, 0.2) is 0 Å². The zero-order valence-corrected chi connectivity index (χ0v) is 9.71. The van der Waals surface area contributed by atoms with E-state index in [1.807, 2.05) is 18.2 Å². The van der Waals surface area contributed by atoms with Crippen molar-refractivity contribution in [3.63, 3.8) is 0 Å². The van der Waals surface area contributed by atoms with Crippen LogP contribution in [0, 0.1) is 0 Å². The van der Waals surface area contributed by atoms with Crippen LogP contribution in [-0.2, 0) is 16.0 Å². The molecule has 1 aromatic carbocycles. The molecule has 1 N–H and O–H groups in total. The van der Waals surface area contributed by atoms with Crippen LogP contribution in [0.1, 0.15) is 12.5 Å². The topological polar surface area (TPSA) is 49.4 Å². The van der Waals surface area contributed by atoms with Gasteiger partial charge in [0.05, 0.1) is 0 Å². The Morgan fingerprint density at radius 2 is 2.38 bits per heavy atom. The minimum atomic E-state index is 0.0742. The van der Waals surface area contributed by atoms with E-state index in [0.717, 1.165) is 29.1 Å². The fourth-order valence-electron chi connectivity index (χ4n) is 1.86. The molecule has 0 fully saturated rings. The summed E-state index contributed by atoms with van der Waals surface area (Å²) in [6.45, 7) is 2.33. The van der Waals surface area contributed by atoms with E-state index in [1.54, 1.807) is 11.8 Å². The summed E-state index contributed by atoms with van der Waals surface area (Å²) in [4.78, 5) is 24.3. The van der Waals surface area contributed by atoms with E-state index in [2.05, 4.69) is 4.72 Å². The second-order valence-electron chi connectivity index (χ2n) is 3.55. The van der Waals surface area contributed by atoms with Gasteiger partial charge in [-0.1, -0.05) is 0 Å². The number of anilines is 1. The molecule has 16 heavy (non-hydrogen) atoms. The van der Waals surface area contributed by atoms with Crippen LogP contribution in [0.25, 0.3) is 0 Å². The molecular weight excluding hydrogens is 224 g/mol. The molecule has 0 unspecified atom stereocenters. The summed E-state index contributed by atoms with van der Waals surface area (Å²) < 4.78 is 2.55. The Morgan fingerprint density at radius 3 is 3.06 bits per heavy atom. The fourth-order valence-corrected chi connectivity index (χ4v) is 2.38. The predicted octanol–water partition coefficient (Wildman–Crippen LogP) is 1.35. The lowest BCUT2D eigenvalue weighted by Crippen LogP contribution is -2.25. The molecule has 84 valence electrons. The number of rotatable bonds is 3. The van der Waals surface area contributed by atoms with Crippen LogP contribution < -0.4 is 9.62 Å². The number of carbonyl (C=O) groups is 2. The predicted molar refractivity (Wildman–Crippen MR) is 63.2 cm³/mol. The molecule has 2 rings (SSSR count). The second-order valence-corrected chi connectivity index (χ2v) is 4.46. The first-order chi connectivity index (χ1) is 7.72. The molecule has 0 atom stereocenters. The molecule has 4 nitrogen and oxygen atoms in total. The van der Waals surface area contributed by atoms with Gasteiger partial charge >= 0.3 is 0 Å². The lowest BCUT2D eigenvalue weighted by molar-refractivity contribution is -0.116. The highest BCUT2D eigenvalue weighted by molar-refractivity contribution is 7.97. The smallest absolute Gasteiger partial charge is 0.223 e. The Bertz CT molecular complexity index is 434. The molecule has 1 aromatic rings. The number of hydrogen-bond donors (Lipinski definition) is 1. The normalized spacial score (nSPS) is 13.4. The summed E-state index contributed by atoms with van der Waals surface area (Å²) in [5, 5.41) is 0. The molecule has 5 heteroatoms. The molecule has 1 aliphatic heterocycles. The van der Waals surface area contributed by atoms with E-state index in [9.17, 15) is 9.59 Å². The van der Waals surface area contributed by atoms with Gasteiger partial charge in [-0.05, 0) is 42.1 Å². The van der Waals surface area contributed by atoms with Gasteiger partial charge in [0, 0.05) is 24.1 Å². The van der Waals surface area contributed by atoms with Gasteiger partial charge in [-0.15, -0.1) is 0 Å². The van der Waals surface area contributed by atoms with Crippen molar-refractivity contribution in [3.8, 4) is 0 Å². The van der Waals surface area contributed by atoms with Crippen LogP contribution in [0.15, 0.2) is 23.1 Å². The minimum Gasteiger partial charge on any atom is -0.312 e. The van der Waals surface area contributed by atoms with Gasteiger partial charge in [0.1, 0.15) is 0 Å². The molecule has 0 saturated carbocycles. The van der Waals surface area contributed by atoms with Crippen LogP contribution in [0.5, 0.6) is 0 Å². The molecule has 1 aliphatic rings. The SMILES string of the molecule is CC(=O)N1CCc2cc(SNC=O)ccc21. The number of nitrogens with one attached hydrogen (secondary N) is 1. The van der Waals surface area contributed by atoms with Crippen molar-refractivity contribution in [3.05, 3.63) is 23.8 Å². The minimum absolute atomic E-state index is 0.0742. The van der Waals surface area contributed by atoms with Gasteiger partial charge in [0.25, 0.3) is 0 Å². The average molecular weight is 236 g/mol. The first kappa shape index (κ1) is 11.0. The van der Waals surface area contributed by atoms with Crippen molar-refractivity contribution in [2.45, 2.75) is 18.2 Å². The van der Waals surface area contributed by atoms with Crippen molar-refractivity contribution in [2.24, 2.45) is 0 Å². The van der Waals surface area contributed by atoms with E-state index < -0.39 is 0 Å². The maximum Gasteiger partial charge on any atom is 0.223 e. The Hall–Kier alpha value is -1.49. The van der Waals surface area contributed by atoms with Crippen LogP contribution in [0.3, 0.4) is 0 Å². The summed E-state index contributed by atoms with van der Waals surface area (Å²) in [6.07, 6.45) is 1.53. The third kappa shape index (κ3) is 2.04. The van der Waals surface area contributed by atoms with Crippen molar-refractivity contribution >= 4 is 30.0 Å². The van der Waals surface area contributed by atoms with E-state index in [4.69, 9.17) is 0 Å². The molecule has 0 saturated heterocycles. The van der Waals surface area contributed by atoms with E-state index in [0.29, 0.717) is 6.41 Å². The first-order valence-electron chi connectivity index (χ1n) is 4.99. The van der Waals surface area contributed by atoms with Gasteiger partial charge in [-0.25, -0.2) is 0 Å². The van der Waals surface area contributed by atoms with Crippen LogP contribution in [0.4, 0.5) is 5.69 Å².